The van der Waals surface area contributed by atoms with Crippen molar-refractivity contribution in [2.24, 2.45) is 7.05 Å². The van der Waals surface area contributed by atoms with Crippen molar-refractivity contribution in [3.8, 4) is 0 Å². The minimum absolute atomic E-state index is 0.0273. The van der Waals surface area contributed by atoms with E-state index in [9.17, 15) is 12.8 Å². The average Bonchev–Trinajstić information content (AvgIpc) is 3.23. The third-order valence-electron chi connectivity index (χ3n) is 4.71. The van der Waals surface area contributed by atoms with Gasteiger partial charge in [0, 0.05) is 37.5 Å². The lowest BCUT2D eigenvalue weighted by atomic mass is 10.2. The van der Waals surface area contributed by atoms with E-state index in [1.807, 2.05) is 25.2 Å². The molecule has 2 heterocycles. The molecule has 7 nitrogen and oxygen atoms in total. The van der Waals surface area contributed by atoms with E-state index in [0.717, 1.165) is 5.56 Å². The zero-order valence-electron chi connectivity index (χ0n) is 17.1. The van der Waals surface area contributed by atoms with Crippen LogP contribution in [0.1, 0.15) is 30.7 Å². The van der Waals surface area contributed by atoms with E-state index in [1.54, 1.807) is 53.7 Å². The molecule has 29 heavy (non-hydrogen) atoms. The van der Waals surface area contributed by atoms with Gasteiger partial charge in [-0.25, -0.2) is 17.8 Å². The van der Waals surface area contributed by atoms with Gasteiger partial charge in [-0.05, 0) is 27.0 Å². The van der Waals surface area contributed by atoms with Crippen molar-refractivity contribution < 1.29 is 12.8 Å². The van der Waals surface area contributed by atoms with Crippen molar-refractivity contribution in [1.82, 2.24) is 24.2 Å². The molecule has 0 atom stereocenters. The van der Waals surface area contributed by atoms with Crippen LogP contribution in [0, 0.1) is 5.82 Å². The van der Waals surface area contributed by atoms with Crippen molar-refractivity contribution in [1.29, 1.82) is 0 Å². The summed E-state index contributed by atoms with van der Waals surface area (Å²) in [6, 6.07) is 6.38. The Balaban J connectivity index is 1.94. The molecule has 0 aliphatic heterocycles. The summed E-state index contributed by atoms with van der Waals surface area (Å²) in [5, 5.41) is 3.52. The summed E-state index contributed by atoms with van der Waals surface area (Å²) in [6.07, 6.45) is 5.29. The quantitative estimate of drug-likeness (QED) is 0.561. The number of nitrogens with zero attached hydrogens (tertiary/aromatic N) is 5. The predicted molar refractivity (Wildman–Crippen MR) is 108 cm³/mol. The lowest BCUT2D eigenvalue weighted by Crippen LogP contribution is -2.23. The molecule has 0 spiro atoms. The predicted octanol–water partition coefficient (Wildman–Crippen LogP) is 2.62. The first-order chi connectivity index (χ1) is 13.7. The first kappa shape index (κ1) is 21.2. The van der Waals surface area contributed by atoms with Crippen LogP contribution in [0.2, 0.25) is 0 Å². The summed E-state index contributed by atoms with van der Waals surface area (Å²) in [4.78, 5) is 6.25. The number of halogens is 1. The molecule has 0 saturated heterocycles. The molecule has 0 amide bonds. The molecule has 3 aromatic rings. The number of imidazole rings is 1. The highest BCUT2D eigenvalue weighted by Gasteiger charge is 2.27. The van der Waals surface area contributed by atoms with Crippen molar-refractivity contribution in [3.63, 3.8) is 0 Å². The summed E-state index contributed by atoms with van der Waals surface area (Å²) in [6.45, 7) is 4.44. The zero-order chi connectivity index (χ0) is 21.2. The molecule has 9 heteroatoms. The summed E-state index contributed by atoms with van der Waals surface area (Å²) in [7, 11) is 0.178. The van der Waals surface area contributed by atoms with E-state index in [-0.39, 0.29) is 17.5 Å². The van der Waals surface area contributed by atoms with Gasteiger partial charge in [0.2, 0.25) is 15.0 Å². The lowest BCUT2D eigenvalue weighted by molar-refractivity contribution is 0.308. The normalized spacial score (nSPS) is 12.2. The minimum atomic E-state index is -3.61. The van der Waals surface area contributed by atoms with E-state index >= 15 is 0 Å². The fourth-order valence-electron chi connectivity index (χ4n) is 3.12. The molecule has 0 unspecified atom stereocenters. The number of hydrogen-bond acceptors (Lipinski definition) is 5. The Bertz CT molecular complexity index is 1090. The largest absolute Gasteiger partial charge is 0.313 e. The van der Waals surface area contributed by atoms with Gasteiger partial charge in [0.1, 0.15) is 5.82 Å². The summed E-state index contributed by atoms with van der Waals surface area (Å²) in [5.74, 6) is -0.372. The second-order valence-corrected chi connectivity index (χ2v) is 9.90. The SMILES string of the molecule is CC(C)S(=O)(=O)c1ncc(CN(C)Cc2cnn(C)c2)n1Cc1ccccc1F. The molecule has 0 aliphatic carbocycles. The fraction of sp³-hybridized carbons (Fsp3) is 0.400. The van der Waals surface area contributed by atoms with Gasteiger partial charge in [-0.15, -0.1) is 0 Å². The number of benzene rings is 1. The van der Waals surface area contributed by atoms with Crippen LogP contribution in [-0.4, -0.2) is 44.9 Å². The fourth-order valence-corrected chi connectivity index (χ4v) is 4.23. The second-order valence-electron chi connectivity index (χ2n) is 7.50. The van der Waals surface area contributed by atoms with Crippen molar-refractivity contribution >= 4 is 9.84 Å². The maximum absolute atomic E-state index is 14.2. The number of sulfone groups is 1. The van der Waals surface area contributed by atoms with Gasteiger partial charge < -0.3 is 4.57 Å². The molecule has 0 aliphatic rings. The molecule has 2 aromatic heterocycles. The van der Waals surface area contributed by atoms with Gasteiger partial charge in [0.25, 0.3) is 0 Å². The maximum atomic E-state index is 14.2. The number of rotatable bonds is 8. The van der Waals surface area contributed by atoms with Crippen LogP contribution in [0.4, 0.5) is 4.39 Å². The Morgan fingerprint density at radius 3 is 2.52 bits per heavy atom. The van der Waals surface area contributed by atoms with Crippen LogP contribution in [0.25, 0.3) is 0 Å². The van der Waals surface area contributed by atoms with Crippen molar-refractivity contribution in [2.45, 2.75) is 43.9 Å². The molecule has 0 saturated carbocycles. The highest BCUT2D eigenvalue weighted by molar-refractivity contribution is 7.91. The molecule has 0 fully saturated rings. The summed E-state index contributed by atoms with van der Waals surface area (Å²) in [5.41, 5.74) is 2.17. The molecule has 3 rings (SSSR count). The smallest absolute Gasteiger partial charge is 0.228 e. The number of hydrogen-bond donors (Lipinski definition) is 0. The number of aromatic nitrogens is 4. The van der Waals surface area contributed by atoms with E-state index in [2.05, 4.69) is 10.1 Å². The molecule has 156 valence electrons. The molecule has 0 radical (unpaired) electrons. The standard InChI is InChI=1S/C20H26FN5O2S/c1-15(2)29(27,28)20-22-10-18(14-24(3)11-16-9-23-25(4)12-16)26(20)13-17-7-5-6-8-19(17)21/h5-10,12,15H,11,13-14H2,1-4H3. The van der Waals surface area contributed by atoms with Gasteiger partial charge in [-0.2, -0.15) is 5.10 Å². The highest BCUT2D eigenvalue weighted by Crippen LogP contribution is 2.21. The molecule has 1 aromatic carbocycles. The molecular formula is C20H26FN5O2S. The van der Waals surface area contributed by atoms with Crippen LogP contribution < -0.4 is 0 Å². The monoisotopic (exact) mass is 419 g/mol. The summed E-state index contributed by atoms with van der Waals surface area (Å²) < 4.78 is 43.2. The van der Waals surface area contributed by atoms with Gasteiger partial charge in [0.05, 0.1) is 29.9 Å². The van der Waals surface area contributed by atoms with Gasteiger partial charge in [-0.1, -0.05) is 18.2 Å². The Labute approximate surface area is 170 Å². The van der Waals surface area contributed by atoms with E-state index in [0.29, 0.717) is 24.3 Å². The first-order valence-corrected chi connectivity index (χ1v) is 10.9. The number of aryl methyl sites for hydroxylation is 1. The Kier molecular flexibility index (Phi) is 6.18. The van der Waals surface area contributed by atoms with Gasteiger partial charge >= 0.3 is 0 Å². The third-order valence-corrected chi connectivity index (χ3v) is 6.78. The van der Waals surface area contributed by atoms with Crippen molar-refractivity contribution in [2.75, 3.05) is 7.05 Å². The highest BCUT2D eigenvalue weighted by atomic mass is 32.2. The van der Waals surface area contributed by atoms with Crippen LogP contribution in [0.15, 0.2) is 48.0 Å². The second kappa shape index (κ2) is 8.46. The maximum Gasteiger partial charge on any atom is 0.228 e. The molecule has 0 N–H and O–H groups in total. The van der Waals surface area contributed by atoms with Crippen molar-refractivity contribution in [3.05, 3.63) is 65.5 Å². The van der Waals surface area contributed by atoms with Crippen LogP contribution in [0.5, 0.6) is 0 Å². The van der Waals surface area contributed by atoms with E-state index in [1.165, 1.54) is 6.07 Å². The average molecular weight is 420 g/mol. The van der Waals surface area contributed by atoms with Crippen LogP contribution in [0.3, 0.4) is 0 Å². The van der Waals surface area contributed by atoms with Gasteiger partial charge in [0.15, 0.2) is 0 Å². The topological polar surface area (TPSA) is 73.0 Å². The first-order valence-electron chi connectivity index (χ1n) is 9.36. The zero-order valence-corrected chi connectivity index (χ0v) is 17.9. The minimum Gasteiger partial charge on any atom is -0.313 e. The molecule has 0 bridgehead atoms. The lowest BCUT2D eigenvalue weighted by Gasteiger charge is -2.19. The van der Waals surface area contributed by atoms with E-state index < -0.39 is 15.1 Å². The van der Waals surface area contributed by atoms with E-state index in [4.69, 9.17) is 0 Å². The Hall–Kier alpha value is -2.52. The van der Waals surface area contributed by atoms with Crippen LogP contribution >= 0.6 is 0 Å². The molecular weight excluding hydrogens is 393 g/mol. The Morgan fingerprint density at radius 2 is 1.90 bits per heavy atom. The van der Waals surface area contributed by atoms with Gasteiger partial charge in [-0.3, -0.25) is 9.58 Å². The Morgan fingerprint density at radius 1 is 1.17 bits per heavy atom. The summed E-state index contributed by atoms with van der Waals surface area (Å²) >= 11 is 0. The van der Waals surface area contributed by atoms with Crippen LogP contribution in [-0.2, 0) is 36.5 Å². The third kappa shape index (κ3) is 4.73.